The molecule has 6 heteroatoms. The quantitative estimate of drug-likeness (QED) is 0.498. The molecule has 0 amide bonds. The summed E-state index contributed by atoms with van der Waals surface area (Å²) in [5.74, 6) is 0.919. The van der Waals surface area contributed by atoms with Crippen LogP contribution in [0.15, 0.2) is 0 Å². The summed E-state index contributed by atoms with van der Waals surface area (Å²) >= 11 is 0. The highest BCUT2D eigenvalue weighted by molar-refractivity contribution is 5.79. The van der Waals surface area contributed by atoms with Gasteiger partial charge in [0.05, 0.1) is 6.10 Å². The van der Waals surface area contributed by atoms with Crippen LogP contribution in [0.5, 0.6) is 0 Å². The fourth-order valence-corrected chi connectivity index (χ4v) is 9.05. The van der Waals surface area contributed by atoms with E-state index >= 15 is 0 Å². The van der Waals surface area contributed by atoms with Crippen LogP contribution in [0.3, 0.4) is 0 Å². The number of esters is 2. The summed E-state index contributed by atoms with van der Waals surface area (Å²) in [7, 11) is 0. The van der Waals surface area contributed by atoms with E-state index < -0.39 is 0 Å². The molecule has 5 aliphatic rings. The predicted molar refractivity (Wildman–Crippen MR) is 112 cm³/mol. The van der Waals surface area contributed by atoms with Gasteiger partial charge in [0.1, 0.15) is 23.6 Å². The van der Waals surface area contributed by atoms with E-state index in [4.69, 9.17) is 14.2 Å². The van der Waals surface area contributed by atoms with E-state index in [1.165, 1.54) is 13.8 Å². The molecular formula is C25H36O6. The van der Waals surface area contributed by atoms with Crippen molar-refractivity contribution in [2.24, 2.45) is 34.5 Å². The number of hydrogen-bond acceptors (Lipinski definition) is 6. The van der Waals surface area contributed by atoms with E-state index in [1.54, 1.807) is 6.92 Å². The van der Waals surface area contributed by atoms with Gasteiger partial charge >= 0.3 is 11.9 Å². The second-order valence-corrected chi connectivity index (χ2v) is 11.5. The van der Waals surface area contributed by atoms with Crippen molar-refractivity contribution in [1.29, 1.82) is 0 Å². The molecule has 0 N–H and O–H groups in total. The zero-order valence-electron chi connectivity index (χ0n) is 19.4. The molecule has 0 radical (unpaired) electrons. The third-order valence-electron chi connectivity index (χ3n) is 10.1. The van der Waals surface area contributed by atoms with Gasteiger partial charge in [-0.1, -0.05) is 13.8 Å². The highest BCUT2D eigenvalue weighted by Gasteiger charge is 2.78. The van der Waals surface area contributed by atoms with Crippen molar-refractivity contribution in [2.75, 3.05) is 0 Å². The fourth-order valence-electron chi connectivity index (χ4n) is 9.05. The van der Waals surface area contributed by atoms with Crippen LogP contribution in [-0.2, 0) is 28.6 Å². The molecule has 31 heavy (non-hydrogen) atoms. The van der Waals surface area contributed by atoms with E-state index in [0.29, 0.717) is 11.8 Å². The number of ketones is 1. The Labute approximate surface area is 184 Å². The Hall–Kier alpha value is -1.43. The number of ether oxygens (including phenoxy) is 3. The lowest BCUT2D eigenvalue weighted by Gasteiger charge is -2.61. The first-order valence-electron chi connectivity index (χ1n) is 12.0. The zero-order chi connectivity index (χ0) is 22.3. The normalized spacial score (nSPS) is 52.1. The van der Waals surface area contributed by atoms with E-state index in [2.05, 4.69) is 13.8 Å². The van der Waals surface area contributed by atoms with Crippen molar-refractivity contribution < 1.29 is 28.6 Å². The number of fused-ring (bicyclic) bond motifs is 4. The highest BCUT2D eigenvalue weighted by Crippen LogP contribution is 2.74. The van der Waals surface area contributed by atoms with Gasteiger partial charge in [-0.2, -0.15) is 0 Å². The van der Waals surface area contributed by atoms with Crippen LogP contribution in [-0.4, -0.2) is 41.6 Å². The lowest BCUT2D eigenvalue weighted by atomic mass is 9.43. The molecule has 0 bridgehead atoms. The standard InChI is InChI=1S/C25H36O6/c1-13(26)18-6-7-19-17-10-21-25(31-21)11-16(29-14(2)27)8-9-24(25,5)22(17)20(30-15(3)28)12-23(18,19)4/h16-22H,6-12H2,1-5H3/t16-,17-,18+,19-,20+,21+,22+,23+,24+,25-/m0/s1. The molecule has 0 aromatic rings. The Balaban J connectivity index is 1.51. The number of rotatable bonds is 3. The fraction of sp³-hybridized carbons (Fsp3) is 0.880. The molecule has 0 aromatic carbocycles. The molecule has 0 unspecified atom stereocenters. The summed E-state index contributed by atoms with van der Waals surface area (Å²) in [6.45, 7) is 9.27. The van der Waals surface area contributed by atoms with Crippen molar-refractivity contribution in [3.8, 4) is 0 Å². The lowest BCUT2D eigenvalue weighted by Crippen LogP contribution is -2.63. The Morgan fingerprint density at radius 3 is 2.29 bits per heavy atom. The first-order valence-corrected chi connectivity index (χ1v) is 12.0. The van der Waals surface area contributed by atoms with Gasteiger partial charge in [-0.25, -0.2) is 0 Å². The molecule has 4 saturated carbocycles. The summed E-state index contributed by atoms with van der Waals surface area (Å²) in [5.41, 5.74) is -0.516. The minimum atomic E-state index is -0.281. The van der Waals surface area contributed by atoms with E-state index in [-0.39, 0.29) is 64.3 Å². The Morgan fingerprint density at radius 2 is 1.65 bits per heavy atom. The molecule has 1 saturated heterocycles. The number of epoxide rings is 1. The topological polar surface area (TPSA) is 82.2 Å². The molecule has 5 rings (SSSR count). The van der Waals surface area contributed by atoms with Gasteiger partial charge in [-0.05, 0) is 62.7 Å². The smallest absolute Gasteiger partial charge is 0.302 e. The van der Waals surface area contributed by atoms with Gasteiger partial charge in [0, 0.05) is 37.5 Å². The Bertz CT molecular complexity index is 823. The largest absolute Gasteiger partial charge is 0.462 e. The third kappa shape index (κ3) is 2.89. The monoisotopic (exact) mass is 432 g/mol. The van der Waals surface area contributed by atoms with Crippen LogP contribution in [0.2, 0.25) is 0 Å². The molecule has 5 fully saturated rings. The number of carbonyl (C=O) groups is 3. The van der Waals surface area contributed by atoms with Crippen LogP contribution in [0.1, 0.15) is 79.6 Å². The van der Waals surface area contributed by atoms with Gasteiger partial charge in [-0.15, -0.1) is 0 Å². The molecule has 6 nitrogen and oxygen atoms in total. The second-order valence-electron chi connectivity index (χ2n) is 11.5. The summed E-state index contributed by atoms with van der Waals surface area (Å²) in [6, 6.07) is 0. The minimum Gasteiger partial charge on any atom is -0.462 e. The minimum absolute atomic E-state index is 0.0517. The maximum Gasteiger partial charge on any atom is 0.302 e. The van der Waals surface area contributed by atoms with Crippen molar-refractivity contribution in [2.45, 2.75) is 103 Å². The molecule has 0 aromatic heterocycles. The Morgan fingerprint density at radius 1 is 0.935 bits per heavy atom. The van der Waals surface area contributed by atoms with Crippen LogP contribution >= 0.6 is 0 Å². The number of carbonyl (C=O) groups excluding carboxylic acids is 3. The van der Waals surface area contributed by atoms with Gasteiger partial charge in [0.2, 0.25) is 0 Å². The van der Waals surface area contributed by atoms with E-state index in [1.807, 2.05) is 0 Å². The molecular weight excluding hydrogens is 396 g/mol. The average Bonchev–Trinajstić information content (AvgIpc) is 3.22. The van der Waals surface area contributed by atoms with Gasteiger partial charge in [0.15, 0.2) is 0 Å². The van der Waals surface area contributed by atoms with Crippen molar-refractivity contribution in [1.82, 2.24) is 0 Å². The maximum absolute atomic E-state index is 12.5. The highest BCUT2D eigenvalue weighted by atomic mass is 16.6. The van der Waals surface area contributed by atoms with Gasteiger partial charge < -0.3 is 14.2 Å². The molecule has 4 aliphatic carbocycles. The van der Waals surface area contributed by atoms with Crippen LogP contribution in [0, 0.1) is 34.5 Å². The van der Waals surface area contributed by atoms with Gasteiger partial charge in [0.25, 0.3) is 0 Å². The van der Waals surface area contributed by atoms with E-state index in [0.717, 1.165) is 44.9 Å². The first-order chi connectivity index (χ1) is 14.5. The lowest BCUT2D eigenvalue weighted by molar-refractivity contribution is -0.194. The van der Waals surface area contributed by atoms with Crippen LogP contribution < -0.4 is 0 Å². The summed E-state index contributed by atoms with van der Waals surface area (Å²) in [4.78, 5) is 36.2. The Kier molecular flexibility index (Phi) is 4.69. The summed E-state index contributed by atoms with van der Waals surface area (Å²) in [6.07, 6.45) is 6.07. The van der Waals surface area contributed by atoms with Crippen molar-refractivity contribution in [3.63, 3.8) is 0 Å². The first kappa shape index (κ1) is 21.4. The molecule has 1 spiro atoms. The molecule has 10 atom stereocenters. The summed E-state index contributed by atoms with van der Waals surface area (Å²) < 4.78 is 18.1. The van der Waals surface area contributed by atoms with E-state index in [9.17, 15) is 14.4 Å². The van der Waals surface area contributed by atoms with Crippen molar-refractivity contribution in [3.05, 3.63) is 0 Å². The van der Waals surface area contributed by atoms with Crippen LogP contribution in [0.4, 0.5) is 0 Å². The maximum atomic E-state index is 12.5. The average molecular weight is 433 g/mol. The molecule has 1 heterocycles. The van der Waals surface area contributed by atoms with Crippen molar-refractivity contribution >= 4 is 17.7 Å². The predicted octanol–water partition coefficient (Wildman–Crippen LogP) is 3.84. The molecule has 172 valence electrons. The number of Topliss-reactive ketones (excluding diaryl/α,β-unsaturated/α-hetero) is 1. The number of hydrogen-bond donors (Lipinski definition) is 0. The summed E-state index contributed by atoms with van der Waals surface area (Å²) in [5, 5.41) is 0. The van der Waals surface area contributed by atoms with Crippen LogP contribution in [0.25, 0.3) is 0 Å². The zero-order valence-corrected chi connectivity index (χ0v) is 19.4. The third-order valence-corrected chi connectivity index (χ3v) is 10.1. The second kappa shape index (κ2) is 6.79. The molecule has 1 aliphatic heterocycles. The van der Waals surface area contributed by atoms with Gasteiger partial charge in [-0.3, -0.25) is 14.4 Å². The SMILES string of the molecule is CC(=O)O[C@H]1CC[C@]2(C)[C@@H]3[C@@H](C[C@H]4O[C@@]42C1)[C@@H]1CC[C@H](C(C)=O)[C@@]1(C)C[C@H]3OC(C)=O.